The largest absolute Gasteiger partial charge is 0.504 e. The van der Waals surface area contributed by atoms with Gasteiger partial charge in [-0.25, -0.2) is 0 Å². The van der Waals surface area contributed by atoms with Crippen LogP contribution < -0.4 is 4.74 Å². The lowest BCUT2D eigenvalue weighted by molar-refractivity contribution is 0.279. The van der Waals surface area contributed by atoms with E-state index in [1.54, 1.807) is 6.07 Å². The highest BCUT2D eigenvalue weighted by Gasteiger charge is 2.19. The third-order valence-electron chi connectivity index (χ3n) is 6.75. The average Bonchev–Trinajstić information content (AvgIpc) is 2.81. The van der Waals surface area contributed by atoms with Gasteiger partial charge < -0.3 is 14.9 Å². The number of unbranched alkanes of at least 4 members (excludes halogenated alkanes) is 15. The Morgan fingerprint density at radius 1 is 0.576 bits per heavy atom. The van der Waals surface area contributed by atoms with E-state index in [1.165, 1.54) is 95.5 Å². The lowest BCUT2D eigenvalue weighted by Gasteiger charge is -2.18. The molecule has 1 rings (SSSR count). The summed E-state index contributed by atoms with van der Waals surface area (Å²) < 4.78 is 6.11. The van der Waals surface area contributed by atoms with Crippen LogP contribution in [0.5, 0.6) is 17.2 Å². The van der Waals surface area contributed by atoms with Gasteiger partial charge in [0, 0.05) is 5.56 Å². The number of phenolic OH excluding ortho intramolecular Hbond substituents is 2. The molecule has 0 aromatic heterocycles. The number of benzene rings is 1. The highest BCUT2D eigenvalue weighted by Crippen LogP contribution is 2.42. The Balaban J connectivity index is 2.74. The van der Waals surface area contributed by atoms with Crippen LogP contribution in [0.25, 0.3) is 0 Å². The maximum atomic E-state index is 10.6. The molecule has 0 aliphatic rings. The van der Waals surface area contributed by atoms with Crippen molar-refractivity contribution in [3.05, 3.63) is 17.2 Å². The molecule has 0 heterocycles. The topological polar surface area (TPSA) is 49.7 Å². The van der Waals surface area contributed by atoms with Gasteiger partial charge in [-0.3, -0.25) is 0 Å². The van der Waals surface area contributed by atoms with Crippen LogP contribution >= 0.6 is 0 Å². The molecule has 1 aromatic rings. The summed E-state index contributed by atoms with van der Waals surface area (Å²) in [4.78, 5) is 0. The first-order valence-corrected chi connectivity index (χ1v) is 14.3. The van der Waals surface area contributed by atoms with E-state index < -0.39 is 0 Å². The lowest BCUT2D eigenvalue weighted by Crippen LogP contribution is -2.05. The molecule has 3 nitrogen and oxygen atoms in total. The second kappa shape index (κ2) is 20.0. The molecule has 0 spiro atoms. The summed E-state index contributed by atoms with van der Waals surface area (Å²) in [7, 11) is 0. The molecular weight excluding hydrogens is 408 g/mol. The van der Waals surface area contributed by atoms with E-state index in [4.69, 9.17) is 4.74 Å². The van der Waals surface area contributed by atoms with Gasteiger partial charge in [-0.2, -0.15) is 0 Å². The van der Waals surface area contributed by atoms with E-state index in [0.29, 0.717) is 12.4 Å². The minimum absolute atomic E-state index is 0.0279. The zero-order valence-corrected chi connectivity index (χ0v) is 22.2. The first-order chi connectivity index (χ1) is 16.2. The molecule has 0 aliphatic carbocycles. The molecule has 0 saturated heterocycles. The summed E-state index contributed by atoms with van der Waals surface area (Å²) in [6, 6.07) is 1.80. The van der Waals surface area contributed by atoms with Crippen LogP contribution in [0.2, 0.25) is 0 Å². The van der Waals surface area contributed by atoms with Crippen LogP contribution in [0.1, 0.15) is 147 Å². The first-order valence-electron chi connectivity index (χ1n) is 14.3. The van der Waals surface area contributed by atoms with Gasteiger partial charge in [-0.15, -0.1) is 0 Å². The van der Waals surface area contributed by atoms with E-state index in [1.807, 2.05) is 0 Å². The molecule has 2 N–H and O–H groups in total. The molecule has 192 valence electrons. The molecule has 0 unspecified atom stereocenters. The maximum absolute atomic E-state index is 10.6. The van der Waals surface area contributed by atoms with Crippen LogP contribution in [-0.2, 0) is 12.8 Å². The van der Waals surface area contributed by atoms with Gasteiger partial charge >= 0.3 is 0 Å². The summed E-state index contributed by atoms with van der Waals surface area (Å²) in [5.41, 5.74) is 2.31. The van der Waals surface area contributed by atoms with Crippen molar-refractivity contribution >= 4 is 0 Å². The van der Waals surface area contributed by atoms with Crippen LogP contribution in [0.3, 0.4) is 0 Å². The molecule has 0 fully saturated rings. The van der Waals surface area contributed by atoms with Gasteiger partial charge in [-0.1, -0.05) is 117 Å². The Labute approximate surface area is 205 Å². The second-order valence-electron chi connectivity index (χ2n) is 9.86. The Morgan fingerprint density at radius 2 is 1.03 bits per heavy atom. The maximum Gasteiger partial charge on any atom is 0.200 e. The van der Waals surface area contributed by atoms with Crippen molar-refractivity contribution in [2.24, 2.45) is 0 Å². The van der Waals surface area contributed by atoms with E-state index in [9.17, 15) is 10.2 Å². The molecule has 0 atom stereocenters. The third kappa shape index (κ3) is 13.2. The normalized spacial score (nSPS) is 11.2. The fourth-order valence-corrected chi connectivity index (χ4v) is 4.61. The predicted molar refractivity (Wildman–Crippen MR) is 143 cm³/mol. The van der Waals surface area contributed by atoms with Crippen molar-refractivity contribution in [1.29, 1.82) is 0 Å². The fourth-order valence-electron chi connectivity index (χ4n) is 4.61. The van der Waals surface area contributed by atoms with Crippen molar-refractivity contribution in [3.8, 4) is 17.2 Å². The molecule has 0 saturated carbocycles. The quantitative estimate of drug-likeness (QED) is 0.133. The predicted octanol–water partition coefficient (Wildman–Crippen LogP) is 9.64. The average molecular weight is 463 g/mol. The Kier molecular flexibility index (Phi) is 18.0. The van der Waals surface area contributed by atoms with E-state index in [0.717, 1.165) is 44.1 Å². The number of rotatable bonds is 22. The van der Waals surface area contributed by atoms with Crippen molar-refractivity contribution in [2.75, 3.05) is 6.61 Å². The minimum atomic E-state index is -0.0632. The summed E-state index contributed by atoms with van der Waals surface area (Å²) >= 11 is 0. The number of ether oxygens (including phenoxy) is 1. The Bertz CT molecular complexity index is 597. The highest BCUT2D eigenvalue weighted by molar-refractivity contribution is 5.58. The number of phenols is 2. The lowest BCUT2D eigenvalue weighted by atomic mass is 9.94. The van der Waals surface area contributed by atoms with Crippen molar-refractivity contribution in [1.82, 2.24) is 0 Å². The molecule has 1 aromatic carbocycles. The molecule has 0 aliphatic heterocycles. The van der Waals surface area contributed by atoms with Gasteiger partial charge in [0.15, 0.2) is 11.5 Å². The number of hydrogen-bond acceptors (Lipinski definition) is 3. The molecule has 0 amide bonds. The van der Waals surface area contributed by atoms with Gasteiger partial charge in [0.05, 0.1) is 6.61 Å². The molecule has 3 heteroatoms. The molecule has 0 radical (unpaired) electrons. The van der Waals surface area contributed by atoms with Gasteiger partial charge in [0.1, 0.15) is 0 Å². The van der Waals surface area contributed by atoms with E-state index in [-0.39, 0.29) is 11.5 Å². The van der Waals surface area contributed by atoms with Crippen LogP contribution in [-0.4, -0.2) is 16.8 Å². The highest BCUT2D eigenvalue weighted by atomic mass is 16.5. The third-order valence-corrected chi connectivity index (χ3v) is 6.75. The Morgan fingerprint density at radius 3 is 1.58 bits per heavy atom. The van der Waals surface area contributed by atoms with Crippen molar-refractivity contribution < 1.29 is 14.9 Å². The van der Waals surface area contributed by atoms with Gasteiger partial charge in [0.2, 0.25) is 5.75 Å². The Hall–Kier alpha value is -1.38. The first kappa shape index (κ1) is 29.7. The van der Waals surface area contributed by atoms with Crippen molar-refractivity contribution in [2.45, 2.75) is 149 Å². The monoisotopic (exact) mass is 462 g/mol. The number of aryl methyl sites for hydroxylation is 1. The summed E-state index contributed by atoms with van der Waals surface area (Å²) in [5, 5.41) is 21.0. The van der Waals surface area contributed by atoms with E-state index in [2.05, 4.69) is 20.8 Å². The summed E-state index contributed by atoms with van der Waals surface area (Å²) in [5.74, 6) is 0.460. The van der Waals surface area contributed by atoms with Gasteiger partial charge in [-0.05, 0) is 43.7 Å². The summed E-state index contributed by atoms with van der Waals surface area (Å²) in [6.07, 6.45) is 24.3. The van der Waals surface area contributed by atoms with Crippen LogP contribution in [0, 0.1) is 0 Å². The zero-order valence-electron chi connectivity index (χ0n) is 22.2. The number of hydrogen-bond donors (Lipinski definition) is 2. The summed E-state index contributed by atoms with van der Waals surface area (Å²) in [6.45, 7) is 7.33. The van der Waals surface area contributed by atoms with E-state index >= 15 is 0 Å². The second-order valence-corrected chi connectivity index (χ2v) is 9.86. The molecule has 0 bridgehead atoms. The van der Waals surface area contributed by atoms with Crippen LogP contribution in [0.15, 0.2) is 6.07 Å². The zero-order chi connectivity index (χ0) is 24.2. The molecule has 33 heavy (non-hydrogen) atoms. The van der Waals surface area contributed by atoms with Crippen LogP contribution in [0.4, 0.5) is 0 Å². The fraction of sp³-hybridized carbons (Fsp3) is 0.800. The van der Waals surface area contributed by atoms with Gasteiger partial charge in [0.25, 0.3) is 0 Å². The SMILES string of the molecule is CCCCCCCCCc1cc(O)c(O)c(OCCCCCC)c1CCCCCCCCC. The number of aromatic hydroxyl groups is 2. The molecular formula is C30H54O3. The smallest absolute Gasteiger partial charge is 0.200 e. The van der Waals surface area contributed by atoms with Crippen molar-refractivity contribution in [3.63, 3.8) is 0 Å². The standard InChI is InChI=1S/C30H54O3/c1-4-7-10-13-15-17-19-22-26-25-28(31)29(32)30(33-24-21-12-9-6-3)27(26)23-20-18-16-14-11-8-5-2/h25,31-32H,4-24H2,1-3H3. The minimum Gasteiger partial charge on any atom is -0.504 e.